The predicted octanol–water partition coefficient (Wildman–Crippen LogP) is 3.41. The van der Waals surface area contributed by atoms with Gasteiger partial charge in [0.15, 0.2) is 11.5 Å². The van der Waals surface area contributed by atoms with Gasteiger partial charge in [0.05, 0.1) is 25.6 Å². The average molecular weight is 387 g/mol. The van der Waals surface area contributed by atoms with Crippen LogP contribution in [0.3, 0.4) is 0 Å². The molecule has 0 radical (unpaired) electrons. The number of amides is 1. The maximum absolute atomic E-state index is 12.4. The minimum Gasteiger partial charge on any atom is -0.493 e. The molecule has 142 valence electrons. The van der Waals surface area contributed by atoms with Crippen LogP contribution < -0.4 is 9.47 Å². The molecule has 7 nitrogen and oxygen atoms in total. The number of aromatic nitrogens is 2. The van der Waals surface area contributed by atoms with Crippen molar-refractivity contribution in [2.45, 2.75) is 19.4 Å². The third-order valence-electron chi connectivity index (χ3n) is 4.08. The fraction of sp³-hybridized carbons (Fsp3) is 0.316. The van der Waals surface area contributed by atoms with Crippen LogP contribution in [0.1, 0.15) is 17.9 Å². The van der Waals surface area contributed by atoms with E-state index in [1.54, 1.807) is 37.5 Å². The molecule has 0 saturated carbocycles. The second-order valence-electron chi connectivity index (χ2n) is 5.93. The van der Waals surface area contributed by atoms with Crippen molar-refractivity contribution in [3.63, 3.8) is 0 Å². The van der Waals surface area contributed by atoms with Crippen LogP contribution >= 0.6 is 11.3 Å². The Bertz CT molecular complexity index is 892. The van der Waals surface area contributed by atoms with E-state index in [1.165, 1.54) is 0 Å². The van der Waals surface area contributed by atoms with Crippen molar-refractivity contribution in [2.24, 2.45) is 0 Å². The Kier molecular flexibility index (Phi) is 6.08. The first-order valence-corrected chi connectivity index (χ1v) is 9.30. The molecule has 2 heterocycles. The number of thiophene rings is 1. The van der Waals surface area contributed by atoms with Crippen LogP contribution in [-0.2, 0) is 17.8 Å². The third-order valence-corrected chi connectivity index (χ3v) is 4.95. The molecular weight excluding hydrogens is 366 g/mol. The highest BCUT2D eigenvalue weighted by Gasteiger charge is 2.15. The van der Waals surface area contributed by atoms with Gasteiger partial charge in [-0.15, -0.1) is 11.3 Å². The zero-order valence-corrected chi connectivity index (χ0v) is 16.3. The number of carbonyl (C=O) groups excluding carboxylic acids is 1. The summed E-state index contributed by atoms with van der Waals surface area (Å²) in [6.07, 6.45) is 0.978. The lowest BCUT2D eigenvalue weighted by atomic mass is 10.1. The lowest BCUT2D eigenvalue weighted by Crippen LogP contribution is -2.26. The first-order valence-electron chi connectivity index (χ1n) is 8.42. The van der Waals surface area contributed by atoms with Gasteiger partial charge in [0.25, 0.3) is 0 Å². The molecule has 1 amide bonds. The minimum absolute atomic E-state index is 0.000610. The Morgan fingerprint density at radius 2 is 2.04 bits per heavy atom. The molecule has 0 aliphatic heterocycles. The van der Waals surface area contributed by atoms with Crippen LogP contribution in [0.15, 0.2) is 40.2 Å². The summed E-state index contributed by atoms with van der Waals surface area (Å²) in [5.74, 6) is 2.29. The molecule has 1 aromatic carbocycles. The zero-order chi connectivity index (χ0) is 19.2. The van der Waals surface area contributed by atoms with E-state index in [2.05, 4.69) is 10.1 Å². The van der Waals surface area contributed by atoms with Gasteiger partial charge in [0.1, 0.15) is 0 Å². The van der Waals surface area contributed by atoms with Gasteiger partial charge in [0, 0.05) is 13.5 Å². The van der Waals surface area contributed by atoms with Gasteiger partial charge in [-0.2, -0.15) is 4.98 Å². The summed E-state index contributed by atoms with van der Waals surface area (Å²) in [4.78, 5) is 19.3. The molecule has 0 aliphatic carbocycles. The summed E-state index contributed by atoms with van der Waals surface area (Å²) in [5.41, 5.74) is 1.01. The Hall–Kier alpha value is -2.87. The highest BCUT2D eigenvalue weighted by atomic mass is 32.1. The van der Waals surface area contributed by atoms with Crippen molar-refractivity contribution >= 4 is 17.2 Å². The lowest BCUT2D eigenvalue weighted by Gasteiger charge is -2.15. The maximum Gasteiger partial charge on any atom is 0.246 e. The Balaban J connectivity index is 1.55. The fourth-order valence-corrected chi connectivity index (χ4v) is 3.24. The van der Waals surface area contributed by atoms with Gasteiger partial charge >= 0.3 is 0 Å². The highest BCUT2D eigenvalue weighted by molar-refractivity contribution is 7.13. The number of benzene rings is 1. The molecule has 3 rings (SSSR count). The topological polar surface area (TPSA) is 77.7 Å². The van der Waals surface area contributed by atoms with E-state index in [-0.39, 0.29) is 12.5 Å². The SMILES string of the molecule is COc1ccc(CCC(=O)N(C)Cc2nc(-c3cccs3)no2)cc1OC. The Morgan fingerprint density at radius 1 is 1.22 bits per heavy atom. The van der Waals surface area contributed by atoms with Crippen molar-refractivity contribution in [3.05, 3.63) is 47.2 Å². The van der Waals surface area contributed by atoms with Crippen molar-refractivity contribution in [2.75, 3.05) is 21.3 Å². The van der Waals surface area contributed by atoms with E-state index >= 15 is 0 Å². The summed E-state index contributed by atoms with van der Waals surface area (Å²) in [6, 6.07) is 9.52. The summed E-state index contributed by atoms with van der Waals surface area (Å²) in [6.45, 7) is 0.281. The normalized spacial score (nSPS) is 10.6. The molecule has 0 spiro atoms. The van der Waals surface area contributed by atoms with Gasteiger partial charge in [-0.1, -0.05) is 17.3 Å². The van der Waals surface area contributed by atoms with E-state index in [1.807, 2.05) is 35.7 Å². The van der Waals surface area contributed by atoms with E-state index in [4.69, 9.17) is 14.0 Å². The largest absolute Gasteiger partial charge is 0.493 e. The predicted molar refractivity (Wildman–Crippen MR) is 102 cm³/mol. The smallest absolute Gasteiger partial charge is 0.246 e. The zero-order valence-electron chi connectivity index (χ0n) is 15.5. The summed E-state index contributed by atoms with van der Waals surface area (Å²) >= 11 is 1.54. The quantitative estimate of drug-likeness (QED) is 0.589. The Morgan fingerprint density at radius 3 is 2.74 bits per heavy atom. The number of ether oxygens (including phenoxy) is 2. The second kappa shape index (κ2) is 8.68. The molecule has 0 atom stereocenters. The van der Waals surface area contributed by atoms with Crippen molar-refractivity contribution in [3.8, 4) is 22.2 Å². The van der Waals surface area contributed by atoms with Crippen molar-refractivity contribution in [1.29, 1.82) is 0 Å². The van der Waals surface area contributed by atoms with Crippen LogP contribution in [0.25, 0.3) is 10.7 Å². The van der Waals surface area contributed by atoms with Crippen LogP contribution in [0.4, 0.5) is 0 Å². The highest BCUT2D eigenvalue weighted by Crippen LogP contribution is 2.28. The van der Waals surface area contributed by atoms with Crippen LogP contribution in [0.2, 0.25) is 0 Å². The lowest BCUT2D eigenvalue weighted by molar-refractivity contribution is -0.130. The molecule has 0 bridgehead atoms. The summed E-state index contributed by atoms with van der Waals surface area (Å²) in [7, 11) is 4.92. The van der Waals surface area contributed by atoms with Crippen LogP contribution in [0.5, 0.6) is 11.5 Å². The Labute approximate surface area is 161 Å². The molecule has 0 fully saturated rings. The number of aryl methyl sites for hydroxylation is 1. The average Bonchev–Trinajstić information content (AvgIpc) is 3.37. The van der Waals surface area contributed by atoms with Gasteiger partial charge in [-0.05, 0) is 35.6 Å². The van der Waals surface area contributed by atoms with E-state index in [9.17, 15) is 4.79 Å². The molecule has 3 aromatic rings. The number of rotatable bonds is 8. The minimum atomic E-state index is 0.000610. The number of carbonyl (C=O) groups is 1. The monoisotopic (exact) mass is 387 g/mol. The molecule has 0 N–H and O–H groups in total. The van der Waals surface area contributed by atoms with E-state index in [0.717, 1.165) is 10.4 Å². The van der Waals surface area contributed by atoms with E-state index < -0.39 is 0 Å². The first-order chi connectivity index (χ1) is 13.1. The van der Waals surface area contributed by atoms with Crippen LogP contribution in [-0.4, -0.2) is 42.2 Å². The molecular formula is C19H21N3O4S. The van der Waals surface area contributed by atoms with Gasteiger partial charge in [-0.3, -0.25) is 4.79 Å². The van der Waals surface area contributed by atoms with Crippen molar-refractivity contribution < 1.29 is 18.8 Å². The summed E-state index contributed by atoms with van der Waals surface area (Å²) in [5, 5.41) is 5.91. The maximum atomic E-state index is 12.4. The molecule has 8 heteroatoms. The molecule has 27 heavy (non-hydrogen) atoms. The fourth-order valence-electron chi connectivity index (χ4n) is 2.59. The molecule has 0 saturated heterocycles. The second-order valence-corrected chi connectivity index (χ2v) is 6.88. The van der Waals surface area contributed by atoms with Crippen LogP contribution in [0, 0.1) is 0 Å². The summed E-state index contributed by atoms with van der Waals surface area (Å²) < 4.78 is 15.8. The number of nitrogens with zero attached hydrogens (tertiary/aromatic N) is 3. The van der Waals surface area contributed by atoms with Gasteiger partial charge in [-0.25, -0.2) is 0 Å². The van der Waals surface area contributed by atoms with Gasteiger partial charge in [0.2, 0.25) is 17.6 Å². The van der Waals surface area contributed by atoms with Crippen molar-refractivity contribution in [1.82, 2.24) is 15.0 Å². The number of hydrogen-bond donors (Lipinski definition) is 0. The molecule has 0 aliphatic rings. The van der Waals surface area contributed by atoms with E-state index in [0.29, 0.717) is 36.1 Å². The van der Waals surface area contributed by atoms with Gasteiger partial charge < -0.3 is 18.9 Å². The number of methoxy groups -OCH3 is 2. The molecule has 2 aromatic heterocycles. The number of hydrogen-bond acceptors (Lipinski definition) is 7. The third kappa shape index (κ3) is 4.65. The molecule has 0 unspecified atom stereocenters. The first kappa shape index (κ1) is 18.9. The standard InChI is InChI=1S/C19H21N3O4S/c1-22(12-17-20-19(21-26-17)16-5-4-10-27-16)18(23)9-7-13-6-8-14(24-2)15(11-13)25-3/h4-6,8,10-11H,7,9,12H2,1-3H3.